The predicted octanol–water partition coefficient (Wildman–Crippen LogP) is 3.80. The molecule has 0 saturated heterocycles. The highest BCUT2D eigenvalue weighted by Crippen LogP contribution is 2.29. The standard InChI is InChI=1S/C18H24N2O/c1-5-20-18(17-13(3)8-7-9-14(17)4)15-10-16(21-6-2)12-19-11-15/h7-12,18,20H,5-6H2,1-4H3. The summed E-state index contributed by atoms with van der Waals surface area (Å²) in [5.74, 6) is 0.823. The second-order valence-corrected chi connectivity index (χ2v) is 5.18. The molecule has 1 N–H and O–H groups in total. The van der Waals surface area contributed by atoms with Gasteiger partial charge in [-0.05, 0) is 55.6 Å². The summed E-state index contributed by atoms with van der Waals surface area (Å²) in [4.78, 5) is 4.33. The molecule has 0 amide bonds. The SMILES string of the molecule is CCNC(c1cncc(OCC)c1)c1c(C)cccc1C. The van der Waals surface area contributed by atoms with Crippen molar-refractivity contribution in [2.45, 2.75) is 33.7 Å². The highest BCUT2D eigenvalue weighted by molar-refractivity contribution is 5.42. The Bertz CT molecular complexity index is 575. The zero-order valence-electron chi connectivity index (χ0n) is 13.3. The van der Waals surface area contributed by atoms with Crippen LogP contribution < -0.4 is 10.1 Å². The van der Waals surface area contributed by atoms with Gasteiger partial charge in [0.05, 0.1) is 18.8 Å². The van der Waals surface area contributed by atoms with E-state index < -0.39 is 0 Å². The van der Waals surface area contributed by atoms with Crippen molar-refractivity contribution < 1.29 is 4.74 Å². The summed E-state index contributed by atoms with van der Waals surface area (Å²) in [6.07, 6.45) is 3.68. The van der Waals surface area contributed by atoms with Gasteiger partial charge in [-0.1, -0.05) is 25.1 Å². The van der Waals surface area contributed by atoms with E-state index in [0.717, 1.165) is 17.9 Å². The number of hydrogen-bond acceptors (Lipinski definition) is 3. The molecule has 1 heterocycles. The number of rotatable bonds is 6. The molecule has 3 heteroatoms. The smallest absolute Gasteiger partial charge is 0.137 e. The number of aryl methyl sites for hydroxylation is 2. The Kier molecular flexibility index (Phi) is 5.34. The molecule has 1 aromatic carbocycles. The van der Waals surface area contributed by atoms with Crippen LogP contribution in [0, 0.1) is 13.8 Å². The van der Waals surface area contributed by atoms with E-state index >= 15 is 0 Å². The third-order valence-corrected chi connectivity index (χ3v) is 3.62. The number of benzene rings is 1. The Morgan fingerprint density at radius 3 is 2.48 bits per heavy atom. The first-order valence-electron chi connectivity index (χ1n) is 7.54. The highest BCUT2D eigenvalue weighted by Gasteiger charge is 2.18. The van der Waals surface area contributed by atoms with E-state index in [-0.39, 0.29) is 6.04 Å². The predicted molar refractivity (Wildman–Crippen MR) is 86.8 cm³/mol. The summed E-state index contributed by atoms with van der Waals surface area (Å²) in [7, 11) is 0. The molecule has 0 radical (unpaired) electrons. The van der Waals surface area contributed by atoms with Gasteiger partial charge in [-0.25, -0.2) is 0 Å². The fraction of sp³-hybridized carbons (Fsp3) is 0.389. The third-order valence-electron chi connectivity index (χ3n) is 3.62. The van der Waals surface area contributed by atoms with E-state index in [1.54, 1.807) is 6.20 Å². The molecule has 1 unspecified atom stereocenters. The number of pyridine rings is 1. The van der Waals surface area contributed by atoms with E-state index in [2.05, 4.69) is 55.3 Å². The van der Waals surface area contributed by atoms with Crippen molar-refractivity contribution in [3.8, 4) is 5.75 Å². The first-order valence-corrected chi connectivity index (χ1v) is 7.54. The molecule has 2 aromatic rings. The molecule has 0 saturated carbocycles. The molecule has 0 spiro atoms. The molecule has 0 aliphatic heterocycles. The summed E-state index contributed by atoms with van der Waals surface area (Å²) in [5, 5.41) is 3.57. The first-order chi connectivity index (χ1) is 10.2. The minimum absolute atomic E-state index is 0.143. The molecule has 2 rings (SSSR count). The van der Waals surface area contributed by atoms with Crippen molar-refractivity contribution in [2.75, 3.05) is 13.2 Å². The molecule has 0 aliphatic carbocycles. The fourth-order valence-electron chi connectivity index (χ4n) is 2.71. The number of nitrogens with one attached hydrogen (secondary N) is 1. The first kappa shape index (κ1) is 15.5. The number of nitrogens with zero attached hydrogens (tertiary/aromatic N) is 1. The minimum atomic E-state index is 0.143. The fourth-order valence-corrected chi connectivity index (χ4v) is 2.71. The summed E-state index contributed by atoms with van der Waals surface area (Å²) in [6.45, 7) is 9.98. The average molecular weight is 284 g/mol. The minimum Gasteiger partial charge on any atom is -0.492 e. The number of ether oxygens (including phenoxy) is 1. The van der Waals surface area contributed by atoms with Crippen LogP contribution in [0.5, 0.6) is 5.75 Å². The van der Waals surface area contributed by atoms with Crippen molar-refractivity contribution in [2.24, 2.45) is 0 Å². The largest absolute Gasteiger partial charge is 0.492 e. The van der Waals surface area contributed by atoms with E-state index in [9.17, 15) is 0 Å². The van der Waals surface area contributed by atoms with Gasteiger partial charge in [0, 0.05) is 6.20 Å². The van der Waals surface area contributed by atoms with Crippen LogP contribution in [-0.4, -0.2) is 18.1 Å². The van der Waals surface area contributed by atoms with Crippen LogP contribution in [0.15, 0.2) is 36.7 Å². The summed E-state index contributed by atoms with van der Waals surface area (Å²) in [5.41, 5.74) is 5.06. The van der Waals surface area contributed by atoms with Crippen molar-refractivity contribution in [1.82, 2.24) is 10.3 Å². The van der Waals surface area contributed by atoms with Crippen LogP contribution >= 0.6 is 0 Å². The van der Waals surface area contributed by atoms with Crippen LogP contribution in [0.3, 0.4) is 0 Å². The van der Waals surface area contributed by atoms with Gasteiger partial charge in [0.25, 0.3) is 0 Å². The third kappa shape index (κ3) is 3.61. The van der Waals surface area contributed by atoms with Crippen LogP contribution in [0.4, 0.5) is 0 Å². The Balaban J connectivity index is 2.46. The van der Waals surface area contributed by atoms with Gasteiger partial charge in [0.2, 0.25) is 0 Å². The number of hydrogen-bond donors (Lipinski definition) is 1. The Morgan fingerprint density at radius 2 is 1.86 bits per heavy atom. The quantitative estimate of drug-likeness (QED) is 0.876. The molecule has 0 fully saturated rings. The molecule has 21 heavy (non-hydrogen) atoms. The van der Waals surface area contributed by atoms with Gasteiger partial charge >= 0.3 is 0 Å². The molecule has 0 aliphatic rings. The van der Waals surface area contributed by atoms with Gasteiger partial charge in [-0.15, -0.1) is 0 Å². The topological polar surface area (TPSA) is 34.2 Å². The van der Waals surface area contributed by atoms with Crippen molar-refractivity contribution >= 4 is 0 Å². The van der Waals surface area contributed by atoms with Gasteiger partial charge < -0.3 is 10.1 Å². The van der Waals surface area contributed by atoms with Gasteiger partial charge in [0.15, 0.2) is 0 Å². The van der Waals surface area contributed by atoms with Crippen LogP contribution in [-0.2, 0) is 0 Å². The van der Waals surface area contributed by atoms with Crippen molar-refractivity contribution in [3.63, 3.8) is 0 Å². The molecule has 1 aromatic heterocycles. The Hall–Kier alpha value is -1.87. The lowest BCUT2D eigenvalue weighted by Crippen LogP contribution is -2.23. The highest BCUT2D eigenvalue weighted by atomic mass is 16.5. The second kappa shape index (κ2) is 7.23. The summed E-state index contributed by atoms with van der Waals surface area (Å²) in [6, 6.07) is 8.64. The van der Waals surface area contributed by atoms with E-state index in [4.69, 9.17) is 4.74 Å². The molecule has 112 valence electrons. The Labute approximate surface area is 127 Å². The average Bonchev–Trinajstić information content (AvgIpc) is 2.47. The second-order valence-electron chi connectivity index (χ2n) is 5.18. The molecular weight excluding hydrogens is 260 g/mol. The Morgan fingerprint density at radius 1 is 1.14 bits per heavy atom. The zero-order chi connectivity index (χ0) is 15.2. The molecule has 1 atom stereocenters. The molecule has 3 nitrogen and oxygen atoms in total. The van der Waals surface area contributed by atoms with Crippen LogP contribution in [0.1, 0.15) is 42.1 Å². The van der Waals surface area contributed by atoms with E-state index in [0.29, 0.717) is 6.61 Å². The van der Waals surface area contributed by atoms with Crippen molar-refractivity contribution in [3.05, 3.63) is 58.9 Å². The zero-order valence-corrected chi connectivity index (χ0v) is 13.3. The van der Waals surface area contributed by atoms with Crippen molar-refractivity contribution in [1.29, 1.82) is 0 Å². The van der Waals surface area contributed by atoms with Crippen LogP contribution in [0.2, 0.25) is 0 Å². The van der Waals surface area contributed by atoms with Gasteiger partial charge in [-0.2, -0.15) is 0 Å². The lowest BCUT2D eigenvalue weighted by Gasteiger charge is -2.23. The molecule has 0 bridgehead atoms. The van der Waals surface area contributed by atoms with Crippen LogP contribution in [0.25, 0.3) is 0 Å². The monoisotopic (exact) mass is 284 g/mol. The summed E-state index contributed by atoms with van der Waals surface area (Å²) >= 11 is 0. The lowest BCUT2D eigenvalue weighted by molar-refractivity contribution is 0.338. The normalized spacial score (nSPS) is 12.2. The maximum Gasteiger partial charge on any atom is 0.137 e. The maximum atomic E-state index is 5.58. The molecular formula is C18H24N2O. The van der Waals surface area contributed by atoms with E-state index in [1.165, 1.54) is 16.7 Å². The van der Waals surface area contributed by atoms with Gasteiger partial charge in [0.1, 0.15) is 5.75 Å². The van der Waals surface area contributed by atoms with Gasteiger partial charge in [-0.3, -0.25) is 4.98 Å². The van der Waals surface area contributed by atoms with E-state index in [1.807, 2.05) is 13.1 Å². The number of aromatic nitrogens is 1. The lowest BCUT2D eigenvalue weighted by atomic mass is 9.92. The maximum absolute atomic E-state index is 5.58. The summed E-state index contributed by atoms with van der Waals surface area (Å²) < 4.78 is 5.58.